The van der Waals surface area contributed by atoms with E-state index in [9.17, 15) is 13.2 Å². The van der Waals surface area contributed by atoms with E-state index in [1.807, 2.05) is 37.3 Å². The number of amides is 1. The fraction of sp³-hybridized carbons (Fsp3) is 0.435. The van der Waals surface area contributed by atoms with Gasteiger partial charge in [0.1, 0.15) is 6.04 Å². The summed E-state index contributed by atoms with van der Waals surface area (Å²) in [7, 11) is -0.446. The molecule has 2 aromatic carbocycles. The van der Waals surface area contributed by atoms with Crippen molar-refractivity contribution in [2.45, 2.75) is 39.2 Å². The second kappa shape index (κ2) is 11.0. The normalized spacial score (nSPS) is 12.2. The molecule has 7 nitrogen and oxygen atoms in total. The first-order valence-corrected chi connectivity index (χ1v) is 12.1. The fourth-order valence-electron chi connectivity index (χ4n) is 3.41. The number of anilines is 1. The maximum absolute atomic E-state index is 12.8. The maximum atomic E-state index is 12.8. The molecular formula is C23H32N2O5S. The molecule has 0 saturated carbocycles. The summed E-state index contributed by atoms with van der Waals surface area (Å²) >= 11 is 0. The van der Waals surface area contributed by atoms with E-state index in [2.05, 4.69) is 5.32 Å². The number of carbonyl (C=O) groups excluding carboxylic acids is 1. The van der Waals surface area contributed by atoms with Crippen molar-refractivity contribution in [3.63, 3.8) is 0 Å². The third kappa shape index (κ3) is 6.62. The molecular weight excluding hydrogens is 416 g/mol. The molecule has 0 unspecified atom stereocenters. The zero-order chi connectivity index (χ0) is 23.0. The van der Waals surface area contributed by atoms with Crippen LogP contribution in [0.2, 0.25) is 0 Å². The van der Waals surface area contributed by atoms with Crippen molar-refractivity contribution in [3.8, 4) is 11.5 Å². The Bertz CT molecular complexity index is 974. The van der Waals surface area contributed by atoms with Crippen molar-refractivity contribution in [3.05, 3.63) is 53.6 Å². The lowest BCUT2D eigenvalue weighted by Gasteiger charge is -2.30. The Hall–Kier alpha value is -2.74. The molecule has 1 N–H and O–H groups in total. The average molecular weight is 449 g/mol. The van der Waals surface area contributed by atoms with Crippen molar-refractivity contribution in [2.24, 2.45) is 0 Å². The predicted molar refractivity (Wildman–Crippen MR) is 123 cm³/mol. The Morgan fingerprint density at radius 2 is 1.71 bits per heavy atom. The van der Waals surface area contributed by atoms with Crippen LogP contribution in [-0.2, 0) is 21.2 Å². The minimum absolute atomic E-state index is 0.305. The topological polar surface area (TPSA) is 84.9 Å². The molecule has 0 heterocycles. The van der Waals surface area contributed by atoms with Gasteiger partial charge in [0.25, 0.3) is 0 Å². The van der Waals surface area contributed by atoms with Crippen molar-refractivity contribution in [1.29, 1.82) is 0 Å². The van der Waals surface area contributed by atoms with Crippen LogP contribution in [-0.4, -0.2) is 47.4 Å². The SMILES string of the molecule is CC[C@@H](C(=O)NCCCc1ccc(OC)c(OC)c1)N(c1ccc(C)cc1)S(C)(=O)=O. The number of hydrogen-bond donors (Lipinski definition) is 1. The van der Waals surface area contributed by atoms with Crippen molar-refractivity contribution >= 4 is 21.6 Å². The van der Waals surface area contributed by atoms with Gasteiger partial charge in [0.15, 0.2) is 11.5 Å². The number of ether oxygens (including phenoxy) is 2. The van der Waals surface area contributed by atoms with Gasteiger partial charge in [-0.3, -0.25) is 9.10 Å². The second-order valence-electron chi connectivity index (χ2n) is 7.40. The van der Waals surface area contributed by atoms with Crippen LogP contribution in [0, 0.1) is 6.92 Å². The number of nitrogens with one attached hydrogen (secondary N) is 1. The third-order valence-electron chi connectivity index (χ3n) is 5.01. The number of benzene rings is 2. The minimum Gasteiger partial charge on any atom is -0.493 e. The second-order valence-corrected chi connectivity index (χ2v) is 9.26. The predicted octanol–water partition coefficient (Wildman–Crippen LogP) is 3.31. The standard InChI is InChI=1S/C23H32N2O5S/c1-6-20(25(31(5,27)28)19-12-9-17(2)10-13-19)23(26)24-15-7-8-18-11-14-21(29-3)22(16-18)30-4/h9-14,16,20H,6-8,15H2,1-5H3,(H,24,26)/t20-/m0/s1. The highest BCUT2D eigenvalue weighted by molar-refractivity contribution is 7.92. The van der Waals surface area contributed by atoms with Gasteiger partial charge in [-0.2, -0.15) is 0 Å². The van der Waals surface area contributed by atoms with Crippen LogP contribution in [0.5, 0.6) is 11.5 Å². The van der Waals surface area contributed by atoms with Crippen molar-refractivity contribution in [1.82, 2.24) is 5.32 Å². The van der Waals surface area contributed by atoms with Crippen LogP contribution in [0.15, 0.2) is 42.5 Å². The Labute approximate surface area is 185 Å². The first kappa shape index (κ1) is 24.5. The van der Waals surface area contributed by atoms with E-state index in [1.165, 1.54) is 4.31 Å². The molecule has 0 aliphatic heterocycles. The van der Waals surface area contributed by atoms with Gasteiger partial charge >= 0.3 is 0 Å². The van der Waals surface area contributed by atoms with Crippen molar-refractivity contribution < 1.29 is 22.7 Å². The lowest BCUT2D eigenvalue weighted by atomic mass is 10.1. The number of rotatable bonds is 11. The Morgan fingerprint density at radius 3 is 2.26 bits per heavy atom. The fourth-order valence-corrected chi connectivity index (χ4v) is 4.62. The monoisotopic (exact) mass is 448 g/mol. The van der Waals surface area contributed by atoms with Crippen LogP contribution in [0.25, 0.3) is 0 Å². The van der Waals surface area contributed by atoms with Crippen LogP contribution >= 0.6 is 0 Å². The molecule has 0 aliphatic carbocycles. The summed E-state index contributed by atoms with van der Waals surface area (Å²) in [6.45, 7) is 4.17. The Morgan fingerprint density at radius 1 is 1.06 bits per heavy atom. The lowest BCUT2D eigenvalue weighted by molar-refractivity contribution is -0.122. The van der Waals surface area contributed by atoms with Gasteiger partial charge in [-0.25, -0.2) is 8.42 Å². The number of aryl methyl sites for hydroxylation is 2. The van der Waals surface area contributed by atoms with E-state index < -0.39 is 16.1 Å². The molecule has 1 amide bonds. The molecule has 2 rings (SSSR count). The summed E-state index contributed by atoms with van der Waals surface area (Å²) < 4.78 is 36.7. The molecule has 0 saturated heterocycles. The summed E-state index contributed by atoms with van der Waals surface area (Å²) in [5, 5.41) is 2.89. The van der Waals surface area contributed by atoms with E-state index in [1.54, 1.807) is 33.3 Å². The van der Waals surface area contributed by atoms with E-state index in [0.717, 1.165) is 23.8 Å². The van der Waals surface area contributed by atoms with Crippen LogP contribution in [0.1, 0.15) is 30.9 Å². The van der Waals surface area contributed by atoms with Crippen LogP contribution in [0.4, 0.5) is 5.69 Å². The first-order valence-electron chi connectivity index (χ1n) is 10.3. The largest absolute Gasteiger partial charge is 0.493 e. The summed E-state index contributed by atoms with van der Waals surface area (Å²) in [6, 6.07) is 12.0. The quantitative estimate of drug-likeness (QED) is 0.533. The number of carbonyl (C=O) groups is 1. The number of hydrogen-bond acceptors (Lipinski definition) is 5. The number of nitrogens with zero attached hydrogens (tertiary/aromatic N) is 1. The molecule has 1 atom stereocenters. The summed E-state index contributed by atoms with van der Waals surface area (Å²) in [4.78, 5) is 12.8. The minimum atomic E-state index is -3.63. The highest BCUT2D eigenvalue weighted by atomic mass is 32.2. The number of methoxy groups -OCH3 is 2. The van der Waals surface area contributed by atoms with Gasteiger partial charge in [0.05, 0.1) is 26.2 Å². The highest BCUT2D eigenvalue weighted by Crippen LogP contribution is 2.28. The molecule has 31 heavy (non-hydrogen) atoms. The molecule has 0 bridgehead atoms. The zero-order valence-electron chi connectivity index (χ0n) is 18.8. The molecule has 0 spiro atoms. The van der Waals surface area contributed by atoms with Gasteiger partial charge < -0.3 is 14.8 Å². The third-order valence-corrected chi connectivity index (χ3v) is 6.19. The molecule has 2 aromatic rings. The van der Waals surface area contributed by atoms with E-state index in [-0.39, 0.29) is 5.91 Å². The Kier molecular flexibility index (Phi) is 8.74. The van der Waals surface area contributed by atoms with E-state index in [0.29, 0.717) is 36.6 Å². The highest BCUT2D eigenvalue weighted by Gasteiger charge is 2.31. The zero-order valence-corrected chi connectivity index (χ0v) is 19.7. The molecule has 0 aliphatic rings. The van der Waals surface area contributed by atoms with E-state index in [4.69, 9.17) is 9.47 Å². The molecule has 0 fully saturated rings. The van der Waals surface area contributed by atoms with Gasteiger partial charge in [-0.15, -0.1) is 0 Å². The summed E-state index contributed by atoms with van der Waals surface area (Å²) in [6.07, 6.45) is 2.94. The first-order chi connectivity index (χ1) is 14.7. The lowest BCUT2D eigenvalue weighted by Crippen LogP contribution is -2.49. The van der Waals surface area contributed by atoms with Gasteiger partial charge in [-0.05, 0) is 56.0 Å². The molecule has 170 valence electrons. The Balaban J connectivity index is 2.02. The van der Waals surface area contributed by atoms with Gasteiger partial charge in [0.2, 0.25) is 15.9 Å². The molecule has 0 radical (unpaired) electrons. The maximum Gasteiger partial charge on any atom is 0.243 e. The smallest absolute Gasteiger partial charge is 0.243 e. The summed E-state index contributed by atoms with van der Waals surface area (Å²) in [5.74, 6) is 1.03. The number of sulfonamides is 1. The molecule has 0 aromatic heterocycles. The van der Waals surface area contributed by atoms with E-state index >= 15 is 0 Å². The van der Waals surface area contributed by atoms with Crippen molar-refractivity contribution in [2.75, 3.05) is 31.3 Å². The summed E-state index contributed by atoms with van der Waals surface area (Å²) in [5.41, 5.74) is 2.57. The van der Waals surface area contributed by atoms with Crippen LogP contribution < -0.4 is 19.1 Å². The van der Waals surface area contributed by atoms with Crippen LogP contribution in [0.3, 0.4) is 0 Å². The average Bonchev–Trinajstić information content (AvgIpc) is 2.74. The van der Waals surface area contributed by atoms with Gasteiger partial charge in [0, 0.05) is 6.54 Å². The van der Waals surface area contributed by atoms with Gasteiger partial charge in [-0.1, -0.05) is 30.7 Å². The molecule has 8 heteroatoms.